The molecule has 0 saturated carbocycles. The molecule has 1 rings (SSSR count). The van der Waals surface area contributed by atoms with Gasteiger partial charge in [0.15, 0.2) is 0 Å². The molecule has 0 bridgehead atoms. The van der Waals surface area contributed by atoms with Crippen molar-refractivity contribution in [3.63, 3.8) is 0 Å². The van der Waals surface area contributed by atoms with Crippen molar-refractivity contribution in [2.24, 2.45) is 0 Å². The van der Waals surface area contributed by atoms with Gasteiger partial charge in [-0.2, -0.15) is 0 Å². The van der Waals surface area contributed by atoms with Gasteiger partial charge in [0, 0.05) is 5.57 Å². The maximum absolute atomic E-state index is 11.9. The minimum Gasteiger partial charge on any atom is -0.494 e. The molecule has 0 atom stereocenters. The highest BCUT2D eigenvalue weighted by Crippen LogP contribution is 2.14. The molecule has 5 nitrogen and oxygen atoms in total. The van der Waals surface area contributed by atoms with Gasteiger partial charge in [0.2, 0.25) is 0 Å². The van der Waals surface area contributed by atoms with E-state index in [1.165, 1.54) is 0 Å². The molecule has 0 heterocycles. The molecular weight excluding hydrogens is 344 g/mol. The summed E-state index contributed by atoms with van der Waals surface area (Å²) in [5, 5.41) is 0. The third-order valence-corrected chi connectivity index (χ3v) is 3.96. The number of benzene rings is 1. The van der Waals surface area contributed by atoms with Crippen LogP contribution in [0.25, 0.3) is 0 Å². The van der Waals surface area contributed by atoms with Crippen LogP contribution in [0.4, 0.5) is 0 Å². The van der Waals surface area contributed by atoms with Crippen LogP contribution in [0.1, 0.15) is 69.2 Å². The SMILES string of the molecule is C=C(C)C(=O)OCCCCCCOc1ccc(C(=O)OCCCCC)cc1. The fourth-order valence-corrected chi connectivity index (χ4v) is 2.32. The maximum Gasteiger partial charge on any atom is 0.338 e. The van der Waals surface area contributed by atoms with E-state index in [-0.39, 0.29) is 11.9 Å². The Morgan fingerprint density at radius 3 is 2.07 bits per heavy atom. The molecule has 1 aromatic rings. The highest BCUT2D eigenvalue weighted by molar-refractivity contribution is 5.89. The molecule has 0 aliphatic rings. The predicted molar refractivity (Wildman–Crippen MR) is 106 cm³/mol. The van der Waals surface area contributed by atoms with Crippen LogP contribution < -0.4 is 4.74 Å². The lowest BCUT2D eigenvalue weighted by molar-refractivity contribution is -0.139. The highest BCUT2D eigenvalue weighted by Gasteiger charge is 2.07. The standard InChI is InChI=1S/C22H32O5/c1-4-5-8-16-27-22(24)19-11-13-20(14-12-19)25-15-9-6-7-10-17-26-21(23)18(2)3/h11-14H,2,4-10,15-17H2,1,3H3. The van der Waals surface area contributed by atoms with Crippen molar-refractivity contribution < 1.29 is 23.8 Å². The van der Waals surface area contributed by atoms with E-state index in [9.17, 15) is 9.59 Å². The summed E-state index contributed by atoms with van der Waals surface area (Å²) in [6.45, 7) is 8.82. The summed E-state index contributed by atoms with van der Waals surface area (Å²) in [6.07, 6.45) is 6.83. The molecule has 0 N–H and O–H groups in total. The summed E-state index contributed by atoms with van der Waals surface area (Å²) in [7, 11) is 0. The Bertz CT molecular complexity index is 577. The minimum atomic E-state index is -0.327. The van der Waals surface area contributed by atoms with Gasteiger partial charge in [0.25, 0.3) is 0 Å². The molecule has 0 aromatic heterocycles. The Labute approximate surface area is 162 Å². The van der Waals surface area contributed by atoms with E-state index < -0.39 is 0 Å². The largest absolute Gasteiger partial charge is 0.494 e. The number of hydrogen-bond donors (Lipinski definition) is 0. The molecule has 27 heavy (non-hydrogen) atoms. The van der Waals surface area contributed by atoms with E-state index in [0.717, 1.165) is 50.7 Å². The van der Waals surface area contributed by atoms with Gasteiger partial charge in [-0.05, 0) is 63.3 Å². The number of unbranched alkanes of at least 4 members (excludes halogenated alkanes) is 5. The molecule has 0 unspecified atom stereocenters. The first-order chi connectivity index (χ1) is 13.0. The lowest BCUT2D eigenvalue weighted by Gasteiger charge is -2.08. The third-order valence-electron chi connectivity index (χ3n) is 3.96. The highest BCUT2D eigenvalue weighted by atomic mass is 16.5. The van der Waals surface area contributed by atoms with Crippen LogP contribution in [0.3, 0.4) is 0 Å². The van der Waals surface area contributed by atoms with Gasteiger partial charge in [0.05, 0.1) is 25.4 Å². The van der Waals surface area contributed by atoms with E-state index in [2.05, 4.69) is 13.5 Å². The van der Waals surface area contributed by atoms with Crippen molar-refractivity contribution in [3.05, 3.63) is 42.0 Å². The van der Waals surface area contributed by atoms with Gasteiger partial charge >= 0.3 is 11.9 Å². The summed E-state index contributed by atoms with van der Waals surface area (Å²) in [5.74, 6) is 0.129. The van der Waals surface area contributed by atoms with Crippen molar-refractivity contribution in [1.29, 1.82) is 0 Å². The van der Waals surface area contributed by atoms with Crippen molar-refractivity contribution in [2.45, 2.75) is 58.8 Å². The van der Waals surface area contributed by atoms with Gasteiger partial charge < -0.3 is 14.2 Å². The summed E-state index contributed by atoms with van der Waals surface area (Å²) in [6, 6.07) is 7.04. The Morgan fingerprint density at radius 2 is 1.44 bits per heavy atom. The monoisotopic (exact) mass is 376 g/mol. The minimum absolute atomic E-state index is 0.287. The normalized spacial score (nSPS) is 10.3. The average Bonchev–Trinajstić information content (AvgIpc) is 2.67. The average molecular weight is 376 g/mol. The number of hydrogen-bond acceptors (Lipinski definition) is 5. The molecule has 1 aromatic carbocycles. The zero-order valence-electron chi connectivity index (χ0n) is 16.6. The van der Waals surface area contributed by atoms with Gasteiger partial charge in [0.1, 0.15) is 5.75 Å². The molecule has 0 spiro atoms. The van der Waals surface area contributed by atoms with Crippen LogP contribution in [0.15, 0.2) is 36.4 Å². The van der Waals surface area contributed by atoms with Crippen molar-refractivity contribution in [2.75, 3.05) is 19.8 Å². The topological polar surface area (TPSA) is 61.8 Å². The number of ether oxygens (including phenoxy) is 3. The Hall–Kier alpha value is -2.30. The first kappa shape index (κ1) is 22.7. The second-order valence-electron chi connectivity index (χ2n) is 6.55. The summed E-state index contributed by atoms with van der Waals surface area (Å²) in [5.41, 5.74) is 0.974. The summed E-state index contributed by atoms with van der Waals surface area (Å²) in [4.78, 5) is 23.1. The second kappa shape index (κ2) is 13.8. The molecule has 0 radical (unpaired) electrons. The van der Waals surface area contributed by atoms with Crippen molar-refractivity contribution >= 4 is 11.9 Å². The molecule has 5 heteroatoms. The van der Waals surface area contributed by atoms with Gasteiger partial charge in [-0.25, -0.2) is 9.59 Å². The predicted octanol–water partition coefficient (Wildman–Crippen LogP) is 5.09. The summed E-state index contributed by atoms with van der Waals surface area (Å²) < 4.78 is 15.9. The molecule has 0 saturated heterocycles. The lowest BCUT2D eigenvalue weighted by atomic mass is 10.2. The number of esters is 2. The van der Waals surface area contributed by atoms with Crippen LogP contribution in [0, 0.1) is 0 Å². The van der Waals surface area contributed by atoms with E-state index in [0.29, 0.717) is 31.0 Å². The van der Waals surface area contributed by atoms with E-state index in [1.54, 1.807) is 31.2 Å². The smallest absolute Gasteiger partial charge is 0.338 e. The zero-order valence-corrected chi connectivity index (χ0v) is 16.6. The van der Waals surface area contributed by atoms with Crippen LogP contribution in [-0.4, -0.2) is 31.8 Å². The van der Waals surface area contributed by atoms with Crippen LogP contribution in [0.2, 0.25) is 0 Å². The van der Waals surface area contributed by atoms with Crippen LogP contribution in [0.5, 0.6) is 5.75 Å². The van der Waals surface area contributed by atoms with E-state index >= 15 is 0 Å². The van der Waals surface area contributed by atoms with Crippen LogP contribution >= 0.6 is 0 Å². The van der Waals surface area contributed by atoms with Crippen molar-refractivity contribution in [1.82, 2.24) is 0 Å². The summed E-state index contributed by atoms with van der Waals surface area (Å²) >= 11 is 0. The van der Waals surface area contributed by atoms with E-state index in [1.807, 2.05) is 0 Å². The molecule has 0 amide bonds. The first-order valence-corrected chi connectivity index (χ1v) is 9.77. The van der Waals surface area contributed by atoms with Gasteiger partial charge in [-0.1, -0.05) is 26.3 Å². The number of carbonyl (C=O) groups is 2. The van der Waals surface area contributed by atoms with E-state index in [4.69, 9.17) is 14.2 Å². The van der Waals surface area contributed by atoms with Gasteiger partial charge in [-0.15, -0.1) is 0 Å². The molecule has 0 fully saturated rings. The Balaban J connectivity index is 2.11. The van der Waals surface area contributed by atoms with Gasteiger partial charge in [-0.3, -0.25) is 0 Å². The molecule has 150 valence electrons. The third kappa shape index (κ3) is 10.4. The fourth-order valence-electron chi connectivity index (χ4n) is 2.32. The number of carbonyl (C=O) groups excluding carboxylic acids is 2. The molecule has 0 aliphatic heterocycles. The fraction of sp³-hybridized carbons (Fsp3) is 0.545. The van der Waals surface area contributed by atoms with Crippen molar-refractivity contribution in [3.8, 4) is 5.75 Å². The molecular formula is C22H32O5. The first-order valence-electron chi connectivity index (χ1n) is 9.77. The second-order valence-corrected chi connectivity index (χ2v) is 6.55. The maximum atomic E-state index is 11.9. The quantitative estimate of drug-likeness (QED) is 0.257. The zero-order chi connectivity index (χ0) is 19.9. The van der Waals surface area contributed by atoms with Crippen LogP contribution in [-0.2, 0) is 14.3 Å². The Morgan fingerprint density at radius 1 is 0.852 bits per heavy atom. The molecule has 0 aliphatic carbocycles. The lowest BCUT2D eigenvalue weighted by Crippen LogP contribution is -2.06. The number of rotatable bonds is 14. The Kier molecular flexibility index (Phi) is 11.7.